The summed E-state index contributed by atoms with van der Waals surface area (Å²) in [4.78, 5) is 2.58. The molecule has 1 aliphatic heterocycles. The van der Waals surface area contributed by atoms with E-state index in [4.69, 9.17) is 0 Å². The van der Waals surface area contributed by atoms with Gasteiger partial charge in [-0.1, -0.05) is 50.1 Å². The largest absolute Gasteiger partial charge is 0.395 e. The molecule has 1 heterocycles. The van der Waals surface area contributed by atoms with Crippen molar-refractivity contribution in [3.8, 4) is 0 Å². The Morgan fingerprint density at radius 1 is 1.05 bits per heavy atom. The van der Waals surface area contributed by atoms with Crippen LogP contribution in [0.2, 0.25) is 0 Å². The average Bonchev–Trinajstić information content (AvgIpc) is 2.99. The molecule has 2 aliphatic rings. The second kappa shape index (κ2) is 6.10. The summed E-state index contributed by atoms with van der Waals surface area (Å²) < 4.78 is 0. The molecule has 1 saturated heterocycles. The van der Waals surface area contributed by atoms with E-state index in [1.807, 2.05) is 6.07 Å². The molecule has 1 spiro atoms. The van der Waals surface area contributed by atoms with E-state index >= 15 is 0 Å². The number of rotatable bonds is 4. The minimum absolute atomic E-state index is 0.137. The van der Waals surface area contributed by atoms with Gasteiger partial charge < -0.3 is 10.0 Å². The molecule has 1 saturated carbocycles. The van der Waals surface area contributed by atoms with Crippen LogP contribution in [0, 0.1) is 5.41 Å². The SMILES string of the molecule is CC(CO)(CN1CCC2(CCCC2)CC1)c1ccccc1. The Labute approximate surface area is 129 Å². The van der Waals surface area contributed by atoms with Crippen molar-refractivity contribution < 1.29 is 5.11 Å². The lowest BCUT2D eigenvalue weighted by molar-refractivity contribution is 0.0751. The number of hydrogen-bond donors (Lipinski definition) is 1. The molecule has 1 N–H and O–H groups in total. The number of nitrogens with zero attached hydrogens (tertiary/aromatic N) is 1. The van der Waals surface area contributed by atoms with E-state index in [2.05, 4.69) is 36.1 Å². The number of hydrogen-bond acceptors (Lipinski definition) is 2. The molecular weight excluding hydrogens is 258 g/mol. The molecule has 0 aromatic heterocycles. The van der Waals surface area contributed by atoms with Crippen molar-refractivity contribution in [1.82, 2.24) is 4.90 Å². The molecule has 21 heavy (non-hydrogen) atoms. The van der Waals surface area contributed by atoms with Gasteiger partial charge in [-0.3, -0.25) is 0 Å². The molecule has 3 rings (SSSR count). The summed E-state index contributed by atoms with van der Waals surface area (Å²) in [6, 6.07) is 10.5. The number of likely N-dealkylation sites (tertiary alicyclic amines) is 1. The van der Waals surface area contributed by atoms with E-state index < -0.39 is 0 Å². The maximum atomic E-state index is 9.95. The van der Waals surface area contributed by atoms with Crippen LogP contribution < -0.4 is 0 Å². The third-order valence-corrected chi connectivity index (χ3v) is 5.97. The van der Waals surface area contributed by atoms with Crippen LogP contribution in [-0.2, 0) is 5.41 Å². The summed E-state index contributed by atoms with van der Waals surface area (Å²) in [5, 5.41) is 9.95. The Morgan fingerprint density at radius 3 is 2.24 bits per heavy atom. The summed E-state index contributed by atoms with van der Waals surface area (Å²) in [5.41, 5.74) is 1.80. The van der Waals surface area contributed by atoms with Gasteiger partial charge in [-0.2, -0.15) is 0 Å². The zero-order valence-corrected chi connectivity index (χ0v) is 13.4. The Kier molecular flexibility index (Phi) is 4.37. The van der Waals surface area contributed by atoms with Gasteiger partial charge in [-0.15, -0.1) is 0 Å². The fourth-order valence-corrected chi connectivity index (χ4v) is 4.38. The highest BCUT2D eigenvalue weighted by molar-refractivity contribution is 5.25. The van der Waals surface area contributed by atoms with Gasteiger partial charge in [0, 0.05) is 12.0 Å². The number of benzene rings is 1. The second-order valence-corrected chi connectivity index (χ2v) is 7.57. The van der Waals surface area contributed by atoms with Crippen LogP contribution in [0.4, 0.5) is 0 Å². The molecular formula is C19H29NO. The monoisotopic (exact) mass is 287 g/mol. The van der Waals surface area contributed by atoms with Gasteiger partial charge in [-0.25, -0.2) is 0 Å². The summed E-state index contributed by atoms with van der Waals surface area (Å²) >= 11 is 0. The first-order chi connectivity index (χ1) is 10.2. The first kappa shape index (κ1) is 15.1. The second-order valence-electron chi connectivity index (χ2n) is 7.57. The van der Waals surface area contributed by atoms with Crippen LogP contribution in [-0.4, -0.2) is 36.2 Å². The van der Waals surface area contributed by atoms with Gasteiger partial charge in [-0.05, 0) is 49.8 Å². The highest BCUT2D eigenvalue weighted by atomic mass is 16.3. The fraction of sp³-hybridized carbons (Fsp3) is 0.684. The van der Waals surface area contributed by atoms with Crippen LogP contribution in [0.25, 0.3) is 0 Å². The molecule has 2 fully saturated rings. The first-order valence-corrected chi connectivity index (χ1v) is 8.55. The lowest BCUT2D eigenvalue weighted by atomic mass is 9.76. The molecule has 2 nitrogen and oxygen atoms in total. The topological polar surface area (TPSA) is 23.5 Å². The summed E-state index contributed by atoms with van der Waals surface area (Å²) in [5.74, 6) is 0. The van der Waals surface area contributed by atoms with Crippen molar-refractivity contribution in [2.75, 3.05) is 26.2 Å². The summed E-state index contributed by atoms with van der Waals surface area (Å²) in [7, 11) is 0. The third-order valence-electron chi connectivity index (χ3n) is 5.97. The quantitative estimate of drug-likeness (QED) is 0.914. The molecule has 0 amide bonds. The summed E-state index contributed by atoms with van der Waals surface area (Å²) in [6.45, 7) is 5.81. The highest BCUT2D eigenvalue weighted by Crippen LogP contribution is 2.46. The van der Waals surface area contributed by atoms with Crippen molar-refractivity contribution in [3.63, 3.8) is 0 Å². The molecule has 1 atom stereocenters. The maximum absolute atomic E-state index is 9.95. The first-order valence-electron chi connectivity index (χ1n) is 8.55. The Morgan fingerprint density at radius 2 is 1.67 bits per heavy atom. The smallest absolute Gasteiger partial charge is 0.0537 e. The summed E-state index contributed by atoms with van der Waals surface area (Å²) in [6.07, 6.45) is 8.52. The molecule has 1 aliphatic carbocycles. The normalized spacial score (nSPS) is 25.0. The van der Waals surface area contributed by atoms with Gasteiger partial charge >= 0.3 is 0 Å². The predicted molar refractivity (Wildman–Crippen MR) is 87.5 cm³/mol. The molecule has 1 unspecified atom stereocenters. The zero-order chi connectivity index (χ0) is 14.8. The van der Waals surface area contributed by atoms with Crippen LogP contribution in [0.1, 0.15) is 51.0 Å². The van der Waals surface area contributed by atoms with Crippen LogP contribution in [0.15, 0.2) is 30.3 Å². The van der Waals surface area contributed by atoms with E-state index in [-0.39, 0.29) is 12.0 Å². The maximum Gasteiger partial charge on any atom is 0.0537 e. The van der Waals surface area contributed by atoms with Gasteiger partial charge in [0.05, 0.1) is 6.61 Å². The predicted octanol–water partition coefficient (Wildman–Crippen LogP) is 3.59. The lowest BCUT2D eigenvalue weighted by Crippen LogP contribution is -2.46. The third kappa shape index (κ3) is 3.17. The van der Waals surface area contributed by atoms with Crippen molar-refractivity contribution in [3.05, 3.63) is 35.9 Å². The van der Waals surface area contributed by atoms with E-state index in [9.17, 15) is 5.11 Å². The molecule has 0 radical (unpaired) electrons. The molecule has 1 aromatic rings. The lowest BCUT2D eigenvalue weighted by Gasteiger charge is -2.43. The highest BCUT2D eigenvalue weighted by Gasteiger charge is 2.38. The molecule has 0 bridgehead atoms. The zero-order valence-electron chi connectivity index (χ0n) is 13.4. The molecule has 116 valence electrons. The number of aliphatic hydroxyl groups is 1. The van der Waals surface area contributed by atoms with Crippen LogP contribution >= 0.6 is 0 Å². The fourth-order valence-electron chi connectivity index (χ4n) is 4.38. The minimum atomic E-state index is -0.137. The average molecular weight is 287 g/mol. The number of aliphatic hydroxyl groups excluding tert-OH is 1. The number of piperidine rings is 1. The Bertz CT molecular complexity index is 442. The van der Waals surface area contributed by atoms with Crippen molar-refractivity contribution in [1.29, 1.82) is 0 Å². The van der Waals surface area contributed by atoms with Crippen molar-refractivity contribution >= 4 is 0 Å². The Hall–Kier alpha value is -0.860. The van der Waals surface area contributed by atoms with E-state index in [0.717, 1.165) is 6.54 Å². The van der Waals surface area contributed by atoms with Gasteiger partial charge in [0.1, 0.15) is 0 Å². The van der Waals surface area contributed by atoms with Crippen LogP contribution in [0.5, 0.6) is 0 Å². The van der Waals surface area contributed by atoms with Gasteiger partial charge in [0.25, 0.3) is 0 Å². The van der Waals surface area contributed by atoms with Gasteiger partial charge in [0.2, 0.25) is 0 Å². The molecule has 1 aromatic carbocycles. The standard InChI is InChI=1S/C19H29NO/c1-18(16-21,17-7-3-2-4-8-17)15-20-13-11-19(12-14-20)9-5-6-10-19/h2-4,7-8,21H,5-6,9-16H2,1H3. The Balaban J connectivity index is 1.63. The van der Waals surface area contributed by atoms with Crippen LogP contribution in [0.3, 0.4) is 0 Å². The van der Waals surface area contributed by atoms with Crippen molar-refractivity contribution in [2.45, 2.75) is 50.9 Å². The van der Waals surface area contributed by atoms with E-state index in [1.54, 1.807) is 0 Å². The van der Waals surface area contributed by atoms with E-state index in [0.29, 0.717) is 5.41 Å². The van der Waals surface area contributed by atoms with Gasteiger partial charge in [0.15, 0.2) is 0 Å². The van der Waals surface area contributed by atoms with E-state index in [1.165, 1.54) is 57.2 Å². The minimum Gasteiger partial charge on any atom is -0.395 e. The van der Waals surface area contributed by atoms with Crippen molar-refractivity contribution in [2.24, 2.45) is 5.41 Å². The molecule has 2 heteroatoms.